The van der Waals surface area contributed by atoms with Crippen LogP contribution in [0.25, 0.3) is 0 Å². The maximum Gasteiger partial charge on any atom is 0.324 e. The molecule has 0 saturated carbocycles. The second kappa shape index (κ2) is 8.81. The third-order valence-corrected chi connectivity index (χ3v) is 3.04. The van der Waals surface area contributed by atoms with Crippen molar-refractivity contribution in [1.29, 1.82) is 0 Å². The summed E-state index contributed by atoms with van der Waals surface area (Å²) in [5.41, 5.74) is 0.507. The monoisotopic (exact) mass is 349 g/mol. The van der Waals surface area contributed by atoms with Gasteiger partial charge < -0.3 is 24.1 Å². The second-order valence-corrected chi connectivity index (χ2v) is 5.00. The molecule has 1 heterocycles. The number of aryl methyl sites for hydroxylation is 1. The first-order valence-electron chi connectivity index (χ1n) is 8.15. The van der Waals surface area contributed by atoms with Crippen molar-refractivity contribution in [2.24, 2.45) is 0 Å². The van der Waals surface area contributed by atoms with Crippen LogP contribution < -0.4 is 24.8 Å². The van der Waals surface area contributed by atoms with E-state index in [1.54, 1.807) is 25.1 Å². The lowest BCUT2D eigenvalue weighted by molar-refractivity contribution is 0.260. The largest absolute Gasteiger partial charge is 0.490 e. The van der Waals surface area contributed by atoms with E-state index in [2.05, 4.69) is 15.8 Å². The van der Waals surface area contributed by atoms with Gasteiger partial charge in [-0.15, -0.1) is 0 Å². The highest BCUT2D eigenvalue weighted by Gasteiger charge is 2.16. The van der Waals surface area contributed by atoms with Crippen LogP contribution in [-0.4, -0.2) is 31.0 Å². The molecular formula is C17H23N3O5. The Morgan fingerprint density at radius 1 is 1.00 bits per heavy atom. The number of amides is 2. The second-order valence-electron chi connectivity index (χ2n) is 5.00. The number of benzene rings is 1. The fraction of sp³-hybridized carbons (Fsp3) is 0.412. The number of urea groups is 1. The quantitative estimate of drug-likeness (QED) is 0.752. The maximum atomic E-state index is 12.1. The third kappa shape index (κ3) is 5.03. The normalized spacial score (nSPS) is 10.2. The van der Waals surface area contributed by atoms with E-state index < -0.39 is 6.03 Å². The Bertz CT molecular complexity index is 687. The van der Waals surface area contributed by atoms with Gasteiger partial charge in [0.05, 0.1) is 25.5 Å². The van der Waals surface area contributed by atoms with Crippen LogP contribution in [0.5, 0.6) is 17.2 Å². The molecule has 0 aliphatic rings. The van der Waals surface area contributed by atoms with E-state index in [-0.39, 0.29) is 0 Å². The lowest BCUT2D eigenvalue weighted by atomic mass is 10.2. The molecule has 0 fully saturated rings. The fourth-order valence-electron chi connectivity index (χ4n) is 2.16. The van der Waals surface area contributed by atoms with Gasteiger partial charge in [-0.1, -0.05) is 5.16 Å². The van der Waals surface area contributed by atoms with Crippen molar-refractivity contribution in [1.82, 2.24) is 5.16 Å². The minimum absolute atomic E-state index is 0.330. The van der Waals surface area contributed by atoms with Gasteiger partial charge in [0, 0.05) is 18.2 Å². The van der Waals surface area contributed by atoms with Gasteiger partial charge in [0.15, 0.2) is 17.3 Å². The summed E-state index contributed by atoms with van der Waals surface area (Å²) in [5, 5.41) is 9.02. The number of carbonyl (C=O) groups excluding carboxylic acids is 1. The molecule has 136 valence electrons. The minimum Gasteiger partial charge on any atom is -0.490 e. The summed E-state index contributed by atoms with van der Waals surface area (Å²) in [4.78, 5) is 12.1. The van der Waals surface area contributed by atoms with Crippen molar-refractivity contribution < 1.29 is 23.5 Å². The topological polar surface area (TPSA) is 94.9 Å². The molecule has 0 saturated heterocycles. The van der Waals surface area contributed by atoms with Crippen LogP contribution in [0.15, 0.2) is 22.7 Å². The van der Waals surface area contributed by atoms with E-state index in [9.17, 15) is 4.79 Å². The van der Waals surface area contributed by atoms with Crippen LogP contribution in [0.1, 0.15) is 26.5 Å². The summed E-state index contributed by atoms with van der Waals surface area (Å²) >= 11 is 0. The van der Waals surface area contributed by atoms with E-state index in [1.165, 1.54) is 0 Å². The van der Waals surface area contributed by atoms with E-state index in [0.29, 0.717) is 54.3 Å². The Morgan fingerprint density at radius 2 is 1.60 bits per heavy atom. The molecule has 0 bridgehead atoms. The Kier molecular flexibility index (Phi) is 6.50. The van der Waals surface area contributed by atoms with Crippen LogP contribution in [0.4, 0.5) is 16.3 Å². The first-order chi connectivity index (χ1) is 12.1. The zero-order chi connectivity index (χ0) is 18.2. The number of rotatable bonds is 8. The van der Waals surface area contributed by atoms with Crippen molar-refractivity contribution in [3.8, 4) is 17.2 Å². The van der Waals surface area contributed by atoms with E-state index in [4.69, 9.17) is 18.7 Å². The molecule has 0 spiro atoms. The summed E-state index contributed by atoms with van der Waals surface area (Å²) in [6.45, 7) is 8.75. The smallest absolute Gasteiger partial charge is 0.324 e. The van der Waals surface area contributed by atoms with Gasteiger partial charge >= 0.3 is 6.03 Å². The molecule has 0 radical (unpaired) electrons. The van der Waals surface area contributed by atoms with E-state index >= 15 is 0 Å². The predicted octanol–water partition coefficient (Wildman–Crippen LogP) is 3.82. The van der Waals surface area contributed by atoms with Gasteiger partial charge in [-0.3, -0.25) is 5.32 Å². The SMILES string of the molecule is CCOc1cc(NC(=O)Nc2cc(C)on2)cc(OCC)c1OCC. The van der Waals surface area contributed by atoms with Crippen molar-refractivity contribution in [3.63, 3.8) is 0 Å². The summed E-state index contributed by atoms with van der Waals surface area (Å²) in [7, 11) is 0. The molecule has 1 aromatic carbocycles. The average molecular weight is 349 g/mol. The minimum atomic E-state index is -0.456. The van der Waals surface area contributed by atoms with Crippen molar-refractivity contribution in [2.45, 2.75) is 27.7 Å². The zero-order valence-corrected chi connectivity index (χ0v) is 14.8. The number of anilines is 2. The zero-order valence-electron chi connectivity index (χ0n) is 14.8. The molecule has 0 unspecified atom stereocenters. The highest BCUT2D eigenvalue weighted by molar-refractivity contribution is 5.99. The van der Waals surface area contributed by atoms with Gasteiger partial charge in [0.2, 0.25) is 5.75 Å². The molecule has 2 amide bonds. The van der Waals surface area contributed by atoms with E-state index in [1.807, 2.05) is 20.8 Å². The summed E-state index contributed by atoms with van der Waals surface area (Å²) in [6, 6.07) is 4.53. The summed E-state index contributed by atoms with van der Waals surface area (Å²) in [6.07, 6.45) is 0. The van der Waals surface area contributed by atoms with Crippen molar-refractivity contribution in [2.75, 3.05) is 30.5 Å². The van der Waals surface area contributed by atoms with Gasteiger partial charge in [0.25, 0.3) is 0 Å². The van der Waals surface area contributed by atoms with Crippen molar-refractivity contribution >= 4 is 17.5 Å². The number of hydrogen-bond acceptors (Lipinski definition) is 6. The summed E-state index contributed by atoms with van der Waals surface area (Å²) < 4.78 is 21.8. The molecule has 25 heavy (non-hydrogen) atoms. The molecule has 2 aromatic rings. The highest BCUT2D eigenvalue weighted by Crippen LogP contribution is 2.40. The number of hydrogen-bond donors (Lipinski definition) is 2. The molecule has 8 heteroatoms. The fourth-order valence-corrected chi connectivity index (χ4v) is 2.16. The molecule has 1 aromatic heterocycles. The molecule has 2 N–H and O–H groups in total. The van der Waals surface area contributed by atoms with Crippen LogP contribution in [0.2, 0.25) is 0 Å². The van der Waals surface area contributed by atoms with Gasteiger partial charge in [-0.2, -0.15) is 0 Å². The molecular weight excluding hydrogens is 326 g/mol. The molecule has 0 atom stereocenters. The Morgan fingerprint density at radius 3 is 2.08 bits per heavy atom. The predicted molar refractivity (Wildman–Crippen MR) is 93.8 cm³/mol. The summed E-state index contributed by atoms with van der Waals surface area (Å²) in [5.74, 6) is 2.46. The highest BCUT2D eigenvalue weighted by atomic mass is 16.5. The van der Waals surface area contributed by atoms with Crippen LogP contribution in [0.3, 0.4) is 0 Å². The first-order valence-corrected chi connectivity index (χ1v) is 8.15. The standard InChI is InChI=1S/C17H23N3O5/c1-5-22-13-9-12(10-14(23-6-2)16(13)24-7-3)18-17(21)19-15-8-11(4)25-20-15/h8-10H,5-7H2,1-4H3,(H2,18,19,20,21). The lowest BCUT2D eigenvalue weighted by Gasteiger charge is -2.17. The molecule has 2 rings (SSSR count). The van der Waals surface area contributed by atoms with Crippen LogP contribution in [0, 0.1) is 6.92 Å². The number of nitrogens with zero attached hydrogens (tertiary/aromatic N) is 1. The first kappa shape index (κ1) is 18.4. The third-order valence-electron chi connectivity index (χ3n) is 3.04. The lowest BCUT2D eigenvalue weighted by Crippen LogP contribution is -2.19. The number of carbonyl (C=O) groups is 1. The number of aromatic nitrogens is 1. The maximum absolute atomic E-state index is 12.1. The Balaban J connectivity index is 2.22. The number of ether oxygens (including phenoxy) is 3. The average Bonchev–Trinajstić information content (AvgIpc) is 2.96. The number of nitrogens with one attached hydrogen (secondary N) is 2. The Hall–Kier alpha value is -2.90. The van der Waals surface area contributed by atoms with E-state index in [0.717, 1.165) is 0 Å². The van der Waals surface area contributed by atoms with Crippen LogP contribution >= 0.6 is 0 Å². The van der Waals surface area contributed by atoms with Crippen molar-refractivity contribution in [3.05, 3.63) is 24.0 Å². The van der Waals surface area contributed by atoms with Gasteiger partial charge in [-0.05, 0) is 27.7 Å². The Labute approximate surface area is 146 Å². The van der Waals surface area contributed by atoms with Gasteiger partial charge in [0.1, 0.15) is 5.76 Å². The van der Waals surface area contributed by atoms with Gasteiger partial charge in [-0.25, -0.2) is 4.79 Å². The molecule has 8 nitrogen and oxygen atoms in total. The van der Waals surface area contributed by atoms with Crippen LogP contribution in [-0.2, 0) is 0 Å². The molecule has 0 aliphatic carbocycles. The molecule has 0 aliphatic heterocycles.